The average molecular weight is 488 g/mol. The fraction of sp³-hybridized carbons (Fsp3) is 0.214. The molecule has 4 rings (SSSR count). The Kier molecular flexibility index (Phi) is 8.20. The lowest BCUT2D eigenvalue weighted by Crippen LogP contribution is -2.26. The molecule has 0 saturated carbocycles. The maximum Gasteiger partial charge on any atom is 0.255 e. The number of carbonyl (C=O) groups excluding carboxylic acids is 2. The molecule has 4 aromatic rings. The van der Waals surface area contributed by atoms with Crippen molar-refractivity contribution >= 4 is 40.5 Å². The van der Waals surface area contributed by atoms with Crippen molar-refractivity contribution in [3.8, 4) is 5.75 Å². The first kappa shape index (κ1) is 24.8. The number of benzene rings is 3. The van der Waals surface area contributed by atoms with Crippen molar-refractivity contribution < 1.29 is 23.5 Å². The van der Waals surface area contributed by atoms with Crippen molar-refractivity contribution in [2.45, 2.75) is 13.3 Å². The summed E-state index contributed by atoms with van der Waals surface area (Å²) < 4.78 is 17.3. The number of ether oxygens (including phenoxy) is 2. The summed E-state index contributed by atoms with van der Waals surface area (Å²) in [5.41, 5.74) is 9.20. The molecule has 8 heteroatoms. The van der Waals surface area contributed by atoms with Crippen LogP contribution in [-0.2, 0) is 16.0 Å². The van der Waals surface area contributed by atoms with E-state index in [-0.39, 0.29) is 12.5 Å². The molecule has 3 N–H and O–H groups in total. The highest BCUT2D eigenvalue weighted by Crippen LogP contribution is 2.28. The number of amides is 2. The zero-order chi connectivity index (χ0) is 25.3. The number of hydrogen-bond donors (Lipinski definition) is 2. The molecule has 2 amide bonds. The van der Waals surface area contributed by atoms with Gasteiger partial charge in [-0.2, -0.15) is 0 Å². The summed E-state index contributed by atoms with van der Waals surface area (Å²) in [5, 5.41) is 3.72. The Labute approximate surface area is 209 Å². The third kappa shape index (κ3) is 6.03. The van der Waals surface area contributed by atoms with Crippen LogP contribution >= 0.6 is 0 Å². The van der Waals surface area contributed by atoms with Gasteiger partial charge in [-0.25, -0.2) is 0 Å². The Balaban J connectivity index is 1.33. The number of rotatable bonds is 12. The molecule has 0 fully saturated rings. The summed E-state index contributed by atoms with van der Waals surface area (Å²) >= 11 is 0. The average Bonchev–Trinajstić information content (AvgIpc) is 3.33. The Morgan fingerprint density at radius 2 is 1.86 bits per heavy atom. The van der Waals surface area contributed by atoms with Crippen molar-refractivity contribution in [2.24, 2.45) is 0 Å². The van der Waals surface area contributed by atoms with E-state index in [9.17, 15) is 9.59 Å². The second-order valence-corrected chi connectivity index (χ2v) is 8.08. The van der Waals surface area contributed by atoms with Crippen LogP contribution in [0.25, 0.3) is 11.0 Å². The van der Waals surface area contributed by atoms with Gasteiger partial charge in [-0.05, 0) is 55.3 Å². The molecule has 0 radical (unpaired) electrons. The molecule has 0 aliphatic rings. The van der Waals surface area contributed by atoms with Gasteiger partial charge in [0, 0.05) is 23.6 Å². The molecular formula is C28H29N3O5. The van der Waals surface area contributed by atoms with Gasteiger partial charge >= 0.3 is 0 Å². The number of furan rings is 1. The van der Waals surface area contributed by atoms with Crippen LogP contribution in [-0.4, -0.2) is 38.7 Å². The van der Waals surface area contributed by atoms with Gasteiger partial charge in [-0.15, -0.1) is 0 Å². The van der Waals surface area contributed by atoms with Crippen LogP contribution in [0.4, 0.5) is 17.3 Å². The van der Waals surface area contributed by atoms with E-state index in [2.05, 4.69) is 5.32 Å². The van der Waals surface area contributed by atoms with Crippen LogP contribution in [0.2, 0.25) is 0 Å². The van der Waals surface area contributed by atoms with Crippen molar-refractivity contribution in [3.63, 3.8) is 0 Å². The van der Waals surface area contributed by atoms with Gasteiger partial charge in [0.2, 0.25) is 12.3 Å². The van der Waals surface area contributed by atoms with Crippen molar-refractivity contribution in [1.82, 2.24) is 0 Å². The van der Waals surface area contributed by atoms with E-state index in [1.54, 1.807) is 48.5 Å². The number of para-hydroxylation sites is 3. The molecule has 0 aliphatic carbocycles. The number of carbonyl (C=O) groups is 2. The first-order chi connectivity index (χ1) is 17.6. The van der Waals surface area contributed by atoms with Gasteiger partial charge < -0.3 is 24.9 Å². The minimum Gasteiger partial charge on any atom is -0.492 e. The highest BCUT2D eigenvalue weighted by Gasteiger charge is 2.14. The number of nitrogens with one attached hydrogen (secondary N) is 1. The summed E-state index contributed by atoms with van der Waals surface area (Å²) in [6.45, 7) is 3.78. The summed E-state index contributed by atoms with van der Waals surface area (Å²) in [6.07, 6.45) is 1.46. The summed E-state index contributed by atoms with van der Waals surface area (Å²) in [6, 6.07) is 21.6. The number of nitrogens with zero attached hydrogens (tertiary/aromatic N) is 1. The van der Waals surface area contributed by atoms with Crippen molar-refractivity contribution in [2.75, 3.05) is 42.3 Å². The number of nitrogen functional groups attached to an aromatic ring is 1. The second kappa shape index (κ2) is 11.9. The lowest BCUT2D eigenvalue weighted by Gasteiger charge is -2.15. The Hall–Kier alpha value is -4.30. The fourth-order valence-electron chi connectivity index (χ4n) is 3.76. The smallest absolute Gasteiger partial charge is 0.255 e. The van der Waals surface area contributed by atoms with Crippen LogP contribution < -0.4 is 20.7 Å². The normalized spacial score (nSPS) is 10.8. The quantitative estimate of drug-likeness (QED) is 0.167. The fourth-order valence-corrected chi connectivity index (χ4v) is 3.76. The summed E-state index contributed by atoms with van der Waals surface area (Å²) in [7, 11) is 0. The van der Waals surface area contributed by atoms with E-state index in [0.717, 1.165) is 29.4 Å². The third-order valence-corrected chi connectivity index (χ3v) is 5.67. The third-order valence-electron chi connectivity index (χ3n) is 5.67. The van der Waals surface area contributed by atoms with Crippen LogP contribution in [0, 0.1) is 0 Å². The highest BCUT2D eigenvalue weighted by atomic mass is 16.5. The number of anilines is 3. The van der Waals surface area contributed by atoms with Gasteiger partial charge in [-0.3, -0.25) is 14.5 Å². The summed E-state index contributed by atoms with van der Waals surface area (Å²) in [5.74, 6) is 0.774. The standard InChI is InChI=1S/C28H29N3O5/c1-2-34-16-14-20-6-5-7-22-18-26(36-27(20)22)31(19-32)15-17-35-23-12-10-21(11-13-23)28(33)30-25-9-4-3-8-24(25)29/h3-13,18-19H,2,14-17,29H2,1H3,(H,30,33). The highest BCUT2D eigenvalue weighted by molar-refractivity contribution is 6.05. The largest absolute Gasteiger partial charge is 0.492 e. The van der Waals surface area contributed by atoms with Gasteiger partial charge in [0.1, 0.15) is 17.9 Å². The summed E-state index contributed by atoms with van der Waals surface area (Å²) in [4.78, 5) is 25.7. The molecule has 3 aromatic carbocycles. The van der Waals surface area contributed by atoms with Crippen LogP contribution in [0.1, 0.15) is 22.8 Å². The molecule has 0 atom stereocenters. The molecule has 0 unspecified atom stereocenters. The van der Waals surface area contributed by atoms with Gasteiger partial charge in [-0.1, -0.05) is 30.3 Å². The molecule has 36 heavy (non-hydrogen) atoms. The number of hydrogen-bond acceptors (Lipinski definition) is 6. The lowest BCUT2D eigenvalue weighted by atomic mass is 10.1. The van der Waals surface area contributed by atoms with Crippen molar-refractivity contribution in [3.05, 3.63) is 83.9 Å². The van der Waals surface area contributed by atoms with Crippen LogP contribution in [0.3, 0.4) is 0 Å². The van der Waals surface area contributed by atoms with E-state index in [0.29, 0.717) is 48.3 Å². The van der Waals surface area contributed by atoms with E-state index < -0.39 is 0 Å². The lowest BCUT2D eigenvalue weighted by molar-refractivity contribution is -0.107. The van der Waals surface area contributed by atoms with Crippen LogP contribution in [0.15, 0.2) is 77.2 Å². The number of fused-ring (bicyclic) bond motifs is 1. The molecule has 0 saturated heterocycles. The zero-order valence-electron chi connectivity index (χ0n) is 20.1. The second-order valence-electron chi connectivity index (χ2n) is 8.08. The van der Waals surface area contributed by atoms with E-state index in [1.807, 2.05) is 31.2 Å². The maximum atomic E-state index is 12.5. The number of nitrogens with two attached hydrogens (primary N) is 1. The molecule has 0 spiro atoms. The SMILES string of the molecule is CCOCCc1cccc2cc(N(C=O)CCOc3ccc(C(=O)Nc4ccccc4N)cc3)oc12. The Morgan fingerprint density at radius 3 is 2.61 bits per heavy atom. The molecule has 186 valence electrons. The zero-order valence-corrected chi connectivity index (χ0v) is 20.1. The van der Waals surface area contributed by atoms with E-state index >= 15 is 0 Å². The van der Waals surface area contributed by atoms with Crippen LogP contribution in [0.5, 0.6) is 5.75 Å². The molecule has 0 bridgehead atoms. The molecular weight excluding hydrogens is 458 g/mol. The Morgan fingerprint density at radius 1 is 1.06 bits per heavy atom. The first-order valence-electron chi connectivity index (χ1n) is 11.8. The Bertz CT molecular complexity index is 1320. The maximum absolute atomic E-state index is 12.5. The van der Waals surface area contributed by atoms with Gasteiger partial charge in [0.15, 0.2) is 0 Å². The van der Waals surface area contributed by atoms with Gasteiger partial charge in [0.25, 0.3) is 5.91 Å². The van der Waals surface area contributed by atoms with E-state index in [1.165, 1.54) is 4.90 Å². The molecule has 1 aromatic heterocycles. The monoisotopic (exact) mass is 487 g/mol. The predicted octanol–water partition coefficient (Wildman–Crippen LogP) is 4.89. The molecule has 1 heterocycles. The first-order valence-corrected chi connectivity index (χ1v) is 11.8. The van der Waals surface area contributed by atoms with Crippen molar-refractivity contribution in [1.29, 1.82) is 0 Å². The predicted molar refractivity (Wildman–Crippen MR) is 141 cm³/mol. The minimum atomic E-state index is -0.267. The molecule has 0 aliphatic heterocycles. The van der Waals surface area contributed by atoms with E-state index in [4.69, 9.17) is 19.6 Å². The minimum absolute atomic E-state index is 0.249. The topological polar surface area (TPSA) is 107 Å². The molecule has 8 nitrogen and oxygen atoms in total. The van der Waals surface area contributed by atoms with Gasteiger partial charge in [0.05, 0.1) is 24.5 Å².